The maximum atomic E-state index is 12.9. The summed E-state index contributed by atoms with van der Waals surface area (Å²) in [6.45, 7) is 0. The number of amides is 1. The van der Waals surface area contributed by atoms with Crippen molar-refractivity contribution < 1.29 is 14.5 Å². The summed E-state index contributed by atoms with van der Waals surface area (Å²) >= 11 is 7.46. The van der Waals surface area contributed by atoms with Gasteiger partial charge in [-0.15, -0.1) is 11.3 Å². The van der Waals surface area contributed by atoms with E-state index in [9.17, 15) is 14.9 Å². The number of anilines is 1. The first-order valence-corrected chi connectivity index (χ1v) is 9.55. The van der Waals surface area contributed by atoms with Crippen molar-refractivity contribution in [1.82, 2.24) is 0 Å². The molecule has 1 aliphatic heterocycles. The maximum absolute atomic E-state index is 12.9. The Balaban J connectivity index is 1.77. The molecule has 4 rings (SSSR count). The lowest BCUT2D eigenvalue weighted by Gasteiger charge is -2.33. The van der Waals surface area contributed by atoms with Gasteiger partial charge in [-0.1, -0.05) is 17.7 Å². The molecule has 0 N–H and O–H groups in total. The molecule has 6 nitrogen and oxygen atoms in total. The third-order valence-electron chi connectivity index (χ3n) is 4.28. The number of nitro benzene ring substituents is 1. The van der Waals surface area contributed by atoms with Gasteiger partial charge in [0.1, 0.15) is 5.76 Å². The van der Waals surface area contributed by atoms with Crippen LogP contribution >= 0.6 is 22.9 Å². The van der Waals surface area contributed by atoms with Gasteiger partial charge in [0.05, 0.1) is 11.0 Å². The third kappa shape index (κ3) is 3.49. The molecular formula is C20H13ClN2O4S. The molecule has 28 heavy (non-hydrogen) atoms. The topological polar surface area (TPSA) is 72.7 Å². The minimum absolute atomic E-state index is 0.0424. The molecule has 0 radical (unpaired) electrons. The van der Waals surface area contributed by atoms with Crippen LogP contribution in [0, 0.1) is 10.1 Å². The molecule has 0 saturated heterocycles. The molecule has 1 amide bonds. The Hall–Kier alpha value is -3.16. The first kappa shape index (κ1) is 18.2. The number of hydrogen-bond acceptors (Lipinski definition) is 5. The highest BCUT2D eigenvalue weighted by atomic mass is 35.5. The van der Waals surface area contributed by atoms with Gasteiger partial charge in [0.25, 0.3) is 5.69 Å². The van der Waals surface area contributed by atoms with E-state index in [1.807, 2.05) is 23.6 Å². The van der Waals surface area contributed by atoms with Crippen LogP contribution in [0.2, 0.25) is 5.02 Å². The molecule has 1 unspecified atom stereocenters. The zero-order valence-electron chi connectivity index (χ0n) is 14.3. The molecule has 1 aliphatic rings. The molecule has 0 aliphatic carbocycles. The second kappa shape index (κ2) is 7.46. The summed E-state index contributed by atoms with van der Waals surface area (Å²) in [6, 6.07) is 16.3. The molecule has 0 bridgehead atoms. The van der Waals surface area contributed by atoms with Crippen molar-refractivity contribution in [2.75, 3.05) is 4.90 Å². The fraction of sp³-hybridized carbons (Fsp3) is 0.0500. The normalized spacial score (nSPS) is 16.5. The van der Waals surface area contributed by atoms with Crippen molar-refractivity contribution in [2.24, 2.45) is 0 Å². The number of rotatable bonds is 4. The van der Waals surface area contributed by atoms with Crippen LogP contribution in [-0.2, 0) is 4.74 Å². The van der Waals surface area contributed by atoms with Crippen LogP contribution in [0.4, 0.5) is 16.2 Å². The van der Waals surface area contributed by atoms with Crippen LogP contribution in [0.25, 0.3) is 5.76 Å². The van der Waals surface area contributed by atoms with Crippen LogP contribution in [0.3, 0.4) is 0 Å². The van der Waals surface area contributed by atoms with Gasteiger partial charge in [-0.05, 0) is 53.9 Å². The molecule has 3 aromatic rings. The minimum atomic E-state index is -0.556. The van der Waals surface area contributed by atoms with Crippen molar-refractivity contribution in [2.45, 2.75) is 6.04 Å². The van der Waals surface area contributed by atoms with Crippen molar-refractivity contribution in [3.63, 3.8) is 0 Å². The molecular weight excluding hydrogens is 400 g/mol. The minimum Gasteiger partial charge on any atom is -0.410 e. The quantitative estimate of drug-likeness (QED) is 0.386. The summed E-state index contributed by atoms with van der Waals surface area (Å²) < 4.78 is 5.56. The van der Waals surface area contributed by atoms with Crippen molar-refractivity contribution in [1.29, 1.82) is 0 Å². The van der Waals surface area contributed by atoms with Crippen LogP contribution in [0.1, 0.15) is 16.5 Å². The maximum Gasteiger partial charge on any atom is 0.420 e. The second-order valence-electron chi connectivity index (χ2n) is 6.01. The highest BCUT2D eigenvalue weighted by molar-refractivity contribution is 7.10. The van der Waals surface area contributed by atoms with E-state index in [4.69, 9.17) is 16.3 Å². The smallest absolute Gasteiger partial charge is 0.410 e. The number of benzene rings is 2. The van der Waals surface area contributed by atoms with Gasteiger partial charge in [0, 0.05) is 33.3 Å². The van der Waals surface area contributed by atoms with Gasteiger partial charge in [-0.25, -0.2) is 4.79 Å². The highest BCUT2D eigenvalue weighted by Gasteiger charge is 2.33. The van der Waals surface area contributed by atoms with E-state index in [-0.39, 0.29) is 5.69 Å². The van der Waals surface area contributed by atoms with Gasteiger partial charge in [0.15, 0.2) is 0 Å². The second-order valence-corrected chi connectivity index (χ2v) is 7.43. The summed E-state index contributed by atoms with van der Waals surface area (Å²) in [7, 11) is 0. The Morgan fingerprint density at radius 3 is 2.39 bits per heavy atom. The van der Waals surface area contributed by atoms with Crippen LogP contribution in [0.5, 0.6) is 0 Å². The number of non-ortho nitro benzene ring substituents is 1. The average molecular weight is 413 g/mol. The van der Waals surface area contributed by atoms with Crippen molar-refractivity contribution >= 4 is 46.2 Å². The van der Waals surface area contributed by atoms with E-state index < -0.39 is 17.1 Å². The lowest BCUT2D eigenvalue weighted by molar-refractivity contribution is -0.384. The summed E-state index contributed by atoms with van der Waals surface area (Å²) in [5, 5.41) is 13.4. The summed E-state index contributed by atoms with van der Waals surface area (Å²) in [5.41, 5.74) is 1.21. The number of carbonyl (C=O) groups is 1. The first-order chi connectivity index (χ1) is 13.5. The predicted molar refractivity (Wildman–Crippen MR) is 109 cm³/mol. The fourth-order valence-corrected chi connectivity index (χ4v) is 3.86. The Bertz CT molecular complexity index is 1050. The van der Waals surface area contributed by atoms with Crippen molar-refractivity contribution in [3.05, 3.63) is 97.7 Å². The number of thiophene rings is 1. The van der Waals surface area contributed by atoms with Gasteiger partial charge < -0.3 is 4.74 Å². The molecule has 1 aromatic heterocycles. The van der Waals surface area contributed by atoms with E-state index in [1.165, 1.54) is 28.4 Å². The van der Waals surface area contributed by atoms with E-state index >= 15 is 0 Å². The standard InChI is InChI=1S/C20H13ClN2O4S/c21-14-5-3-13(4-6-14)18-12-17(19-2-1-11-28-19)22(20(24)27-18)15-7-9-16(10-8-15)23(25)26/h1-12,17H. The number of ether oxygens (including phenoxy) is 1. The number of carbonyl (C=O) groups excluding carboxylic acids is 1. The van der Waals surface area contributed by atoms with Gasteiger partial charge >= 0.3 is 6.09 Å². The van der Waals surface area contributed by atoms with E-state index in [2.05, 4.69) is 0 Å². The number of cyclic esters (lactones) is 1. The monoisotopic (exact) mass is 412 g/mol. The number of nitrogens with zero attached hydrogens (tertiary/aromatic N) is 2. The fourth-order valence-electron chi connectivity index (χ4n) is 2.95. The molecule has 2 aromatic carbocycles. The molecule has 8 heteroatoms. The molecule has 140 valence electrons. The Morgan fingerprint density at radius 2 is 1.79 bits per heavy atom. The van der Waals surface area contributed by atoms with Gasteiger partial charge in [-0.2, -0.15) is 0 Å². The molecule has 0 fully saturated rings. The van der Waals surface area contributed by atoms with Crippen molar-refractivity contribution in [3.8, 4) is 0 Å². The lowest BCUT2D eigenvalue weighted by atomic mass is 10.1. The molecule has 1 atom stereocenters. The average Bonchev–Trinajstić information content (AvgIpc) is 3.23. The summed E-state index contributed by atoms with van der Waals surface area (Å²) in [5.74, 6) is 0.443. The van der Waals surface area contributed by atoms with Crippen LogP contribution < -0.4 is 4.90 Å². The van der Waals surface area contributed by atoms with Gasteiger partial charge in [0.2, 0.25) is 0 Å². The van der Waals surface area contributed by atoms with E-state index in [0.717, 1.165) is 10.4 Å². The zero-order valence-corrected chi connectivity index (χ0v) is 15.9. The van der Waals surface area contributed by atoms with Crippen LogP contribution in [0.15, 0.2) is 72.1 Å². The summed E-state index contributed by atoms with van der Waals surface area (Å²) in [6.07, 6.45) is 1.30. The first-order valence-electron chi connectivity index (χ1n) is 8.29. The zero-order chi connectivity index (χ0) is 19.7. The highest BCUT2D eigenvalue weighted by Crippen LogP contribution is 2.38. The molecule has 2 heterocycles. The molecule has 0 saturated carbocycles. The Morgan fingerprint density at radius 1 is 1.07 bits per heavy atom. The van der Waals surface area contributed by atoms with E-state index in [1.54, 1.807) is 36.4 Å². The SMILES string of the molecule is O=C1OC(c2ccc(Cl)cc2)=CC(c2cccs2)N1c1ccc([N+](=O)[O-])cc1. The summed E-state index contributed by atoms with van der Waals surface area (Å²) in [4.78, 5) is 25.7. The Kier molecular flexibility index (Phi) is 4.85. The van der Waals surface area contributed by atoms with Gasteiger partial charge in [-0.3, -0.25) is 15.0 Å². The largest absolute Gasteiger partial charge is 0.420 e. The number of hydrogen-bond donors (Lipinski definition) is 0. The Labute approximate surface area is 169 Å². The van der Waals surface area contributed by atoms with Crippen LogP contribution in [-0.4, -0.2) is 11.0 Å². The van der Waals surface area contributed by atoms with E-state index in [0.29, 0.717) is 16.5 Å². The predicted octanol–water partition coefficient (Wildman–Crippen LogP) is 6.05. The third-order valence-corrected chi connectivity index (χ3v) is 5.48. The lowest BCUT2D eigenvalue weighted by Crippen LogP contribution is -2.37. The molecule has 0 spiro atoms. The number of nitro groups is 1. The number of halogens is 1.